The highest BCUT2D eigenvalue weighted by Gasteiger charge is 2.48. The van der Waals surface area contributed by atoms with Gasteiger partial charge < -0.3 is 19.3 Å². The summed E-state index contributed by atoms with van der Waals surface area (Å²) in [5.41, 5.74) is -0.862. The minimum Gasteiger partial charge on any atom is -0.497 e. The van der Waals surface area contributed by atoms with Gasteiger partial charge in [-0.2, -0.15) is 13.2 Å². The molecule has 0 saturated heterocycles. The number of carboxylic acids is 1. The molecule has 10 heteroatoms. The Bertz CT molecular complexity index is 972. The molecule has 1 atom stereocenters. The van der Waals surface area contributed by atoms with E-state index in [1.807, 2.05) is 0 Å². The zero-order valence-electron chi connectivity index (χ0n) is 14.0. The van der Waals surface area contributed by atoms with Crippen molar-refractivity contribution in [3.63, 3.8) is 0 Å². The van der Waals surface area contributed by atoms with Crippen LogP contribution in [0.5, 0.6) is 23.0 Å². The Morgan fingerprint density at radius 2 is 1.82 bits per heavy atom. The summed E-state index contributed by atoms with van der Waals surface area (Å²) in [6, 6.07) is 6.96. The number of carboxylic acid groups (broad SMARTS) is 1. The fraction of sp³-hybridized carbons (Fsp3) is 0.167. The first kappa shape index (κ1) is 20.2. The third-order valence-corrected chi connectivity index (χ3v) is 4.40. The summed E-state index contributed by atoms with van der Waals surface area (Å²) in [5.74, 6) is -1.31. The van der Waals surface area contributed by atoms with Crippen molar-refractivity contribution in [2.24, 2.45) is 0 Å². The molecule has 2 aromatic rings. The van der Waals surface area contributed by atoms with Crippen molar-refractivity contribution in [1.29, 1.82) is 0 Å². The molecular weight excluding hydrogens is 424 g/mol. The molecule has 0 radical (unpaired) electrons. The predicted molar refractivity (Wildman–Crippen MR) is 95.6 cm³/mol. The number of fused-ring (bicyclic) bond motifs is 1. The molecule has 0 bridgehead atoms. The number of hydrogen-bond donors (Lipinski definition) is 1. The topological polar surface area (TPSA) is 65.0 Å². The first-order valence-electron chi connectivity index (χ1n) is 7.63. The summed E-state index contributed by atoms with van der Waals surface area (Å²) >= 11 is 12.2. The Labute approximate surface area is 166 Å². The van der Waals surface area contributed by atoms with Gasteiger partial charge in [0, 0.05) is 17.7 Å². The summed E-state index contributed by atoms with van der Waals surface area (Å²) in [7, 11) is 1.46. The largest absolute Gasteiger partial charge is 0.497 e. The van der Waals surface area contributed by atoms with Crippen molar-refractivity contribution in [3.8, 4) is 23.0 Å². The van der Waals surface area contributed by atoms with Crippen molar-refractivity contribution in [1.82, 2.24) is 0 Å². The lowest BCUT2D eigenvalue weighted by atomic mass is 10.0. The van der Waals surface area contributed by atoms with Crippen LogP contribution in [-0.4, -0.2) is 30.5 Å². The van der Waals surface area contributed by atoms with E-state index in [0.717, 1.165) is 12.1 Å². The smallest absolute Gasteiger partial charge is 0.430 e. The Hall–Kier alpha value is -2.58. The van der Waals surface area contributed by atoms with E-state index in [1.54, 1.807) is 6.07 Å². The molecule has 0 unspecified atom stereocenters. The molecule has 0 saturated carbocycles. The van der Waals surface area contributed by atoms with E-state index in [9.17, 15) is 18.0 Å². The number of alkyl halides is 3. The second-order valence-electron chi connectivity index (χ2n) is 5.66. The molecule has 0 aliphatic carbocycles. The maximum atomic E-state index is 13.2. The Kier molecular flexibility index (Phi) is 5.36. The minimum absolute atomic E-state index is 0.0133. The Balaban J connectivity index is 2.00. The highest BCUT2D eigenvalue weighted by atomic mass is 35.5. The molecule has 2 aromatic carbocycles. The third kappa shape index (κ3) is 3.98. The van der Waals surface area contributed by atoms with Crippen LogP contribution < -0.4 is 14.2 Å². The van der Waals surface area contributed by atoms with Gasteiger partial charge >= 0.3 is 12.1 Å². The van der Waals surface area contributed by atoms with Gasteiger partial charge in [0.05, 0.1) is 22.7 Å². The number of ether oxygens (including phenoxy) is 3. The van der Waals surface area contributed by atoms with Crippen molar-refractivity contribution in [2.45, 2.75) is 12.3 Å². The quantitative estimate of drug-likeness (QED) is 0.679. The van der Waals surface area contributed by atoms with Gasteiger partial charge in [0.2, 0.25) is 6.10 Å². The predicted octanol–water partition coefficient (Wildman–Crippen LogP) is 5.59. The zero-order chi connectivity index (χ0) is 20.6. The third-order valence-electron chi connectivity index (χ3n) is 3.81. The van der Waals surface area contributed by atoms with Crippen LogP contribution in [0, 0.1) is 0 Å². The fourth-order valence-corrected chi connectivity index (χ4v) is 2.92. The van der Waals surface area contributed by atoms with Gasteiger partial charge in [-0.3, -0.25) is 0 Å². The molecule has 0 spiro atoms. The zero-order valence-corrected chi connectivity index (χ0v) is 15.5. The van der Waals surface area contributed by atoms with Gasteiger partial charge in [0.15, 0.2) is 0 Å². The van der Waals surface area contributed by atoms with E-state index in [0.29, 0.717) is 5.75 Å². The molecule has 3 rings (SSSR count). The van der Waals surface area contributed by atoms with E-state index in [1.165, 1.54) is 25.3 Å². The minimum atomic E-state index is -4.91. The maximum Gasteiger partial charge on any atom is 0.430 e. The molecule has 148 valence electrons. The SMILES string of the molecule is COc1ccc(Oc2cc3c(cc2Cl)C=C(C(=O)O)[C@@H](C(F)(F)F)O3)c(Cl)c1. The normalized spacial score (nSPS) is 15.9. The number of aliphatic carboxylic acids is 1. The number of rotatable bonds is 4. The highest BCUT2D eigenvalue weighted by Crippen LogP contribution is 2.43. The molecule has 0 aromatic heterocycles. The number of methoxy groups -OCH3 is 1. The van der Waals surface area contributed by atoms with Crippen LogP contribution in [0.4, 0.5) is 13.2 Å². The Morgan fingerprint density at radius 3 is 2.39 bits per heavy atom. The molecule has 5 nitrogen and oxygen atoms in total. The fourth-order valence-electron chi connectivity index (χ4n) is 2.50. The van der Waals surface area contributed by atoms with Gasteiger partial charge in [-0.15, -0.1) is 0 Å². The lowest BCUT2D eigenvalue weighted by molar-refractivity contribution is -0.187. The maximum absolute atomic E-state index is 13.2. The summed E-state index contributed by atoms with van der Waals surface area (Å²) in [6.45, 7) is 0. The van der Waals surface area contributed by atoms with Crippen molar-refractivity contribution in [2.75, 3.05) is 7.11 Å². The van der Waals surface area contributed by atoms with E-state index >= 15 is 0 Å². The van der Waals surface area contributed by atoms with E-state index in [-0.39, 0.29) is 32.9 Å². The highest BCUT2D eigenvalue weighted by molar-refractivity contribution is 6.33. The number of hydrogen-bond acceptors (Lipinski definition) is 4. The van der Waals surface area contributed by atoms with Crippen LogP contribution in [-0.2, 0) is 4.79 Å². The Morgan fingerprint density at radius 1 is 1.14 bits per heavy atom. The van der Waals surface area contributed by atoms with Crippen LogP contribution >= 0.6 is 23.2 Å². The van der Waals surface area contributed by atoms with Crippen molar-refractivity contribution < 1.29 is 37.3 Å². The van der Waals surface area contributed by atoms with Crippen LogP contribution in [0.2, 0.25) is 10.0 Å². The first-order chi connectivity index (χ1) is 13.1. The first-order valence-corrected chi connectivity index (χ1v) is 8.39. The molecule has 1 aliphatic rings. The van der Waals surface area contributed by atoms with Crippen LogP contribution in [0.25, 0.3) is 6.08 Å². The van der Waals surface area contributed by atoms with Gasteiger partial charge in [-0.1, -0.05) is 23.2 Å². The lowest BCUT2D eigenvalue weighted by Crippen LogP contribution is -2.40. The molecular formula is C18H11Cl2F3O5. The second kappa shape index (κ2) is 7.44. The monoisotopic (exact) mass is 434 g/mol. The van der Waals surface area contributed by atoms with Crippen LogP contribution in [0.15, 0.2) is 35.9 Å². The van der Waals surface area contributed by atoms with Gasteiger partial charge in [-0.25, -0.2) is 4.79 Å². The van der Waals surface area contributed by atoms with Crippen LogP contribution in [0.1, 0.15) is 5.56 Å². The summed E-state index contributed by atoms with van der Waals surface area (Å²) in [6.07, 6.45) is -6.66. The van der Waals surface area contributed by atoms with Gasteiger partial charge in [-0.05, 0) is 24.3 Å². The summed E-state index contributed by atoms with van der Waals surface area (Å²) in [5, 5.41) is 9.28. The average molecular weight is 435 g/mol. The number of carbonyl (C=O) groups is 1. The van der Waals surface area contributed by atoms with Crippen LogP contribution in [0.3, 0.4) is 0 Å². The molecule has 0 amide bonds. The molecule has 1 heterocycles. The summed E-state index contributed by atoms with van der Waals surface area (Å²) < 4.78 is 55.1. The molecule has 1 aliphatic heterocycles. The number of halogens is 5. The average Bonchev–Trinajstić information content (AvgIpc) is 2.62. The van der Waals surface area contributed by atoms with E-state index in [4.69, 9.17) is 42.5 Å². The molecule has 28 heavy (non-hydrogen) atoms. The molecule has 1 N–H and O–H groups in total. The van der Waals surface area contributed by atoms with E-state index in [2.05, 4.69) is 0 Å². The standard InChI is InChI=1S/C18H11Cl2F3O5/c1-26-9-2-3-13(12(20)6-9)27-15-7-14-8(5-11(15)19)4-10(17(24)25)16(28-14)18(21,22)23/h2-7,16H,1H3,(H,24,25)/t16-/m0/s1. The molecule has 0 fully saturated rings. The van der Waals surface area contributed by atoms with Crippen molar-refractivity contribution in [3.05, 3.63) is 51.5 Å². The van der Waals surface area contributed by atoms with Gasteiger partial charge in [0.1, 0.15) is 23.0 Å². The second-order valence-corrected chi connectivity index (χ2v) is 6.48. The summed E-state index contributed by atoms with van der Waals surface area (Å²) in [4.78, 5) is 11.2. The number of benzene rings is 2. The lowest BCUT2D eigenvalue weighted by Gasteiger charge is -2.27. The van der Waals surface area contributed by atoms with E-state index < -0.39 is 23.8 Å². The van der Waals surface area contributed by atoms with Crippen molar-refractivity contribution >= 4 is 35.2 Å². The van der Waals surface area contributed by atoms with Gasteiger partial charge in [0.25, 0.3) is 0 Å².